The summed E-state index contributed by atoms with van der Waals surface area (Å²) >= 11 is 0. The lowest BCUT2D eigenvalue weighted by Crippen LogP contribution is -2.48. The number of carbonyl (C=O) groups excluding carboxylic acids is 1. The van der Waals surface area contributed by atoms with Gasteiger partial charge >= 0.3 is 6.18 Å². The second kappa shape index (κ2) is 5.82. The van der Waals surface area contributed by atoms with E-state index in [0.717, 1.165) is 18.4 Å². The highest BCUT2D eigenvalue weighted by molar-refractivity contribution is 5.80. The van der Waals surface area contributed by atoms with E-state index in [9.17, 15) is 23.1 Å². The van der Waals surface area contributed by atoms with Crippen LogP contribution in [0.3, 0.4) is 0 Å². The Balaban J connectivity index is 1.70. The van der Waals surface area contributed by atoms with Gasteiger partial charge in [0.25, 0.3) is 0 Å². The summed E-state index contributed by atoms with van der Waals surface area (Å²) in [6.45, 7) is -0.680. The number of hydrogen-bond acceptors (Lipinski definition) is 2. The molecule has 1 aromatic carbocycles. The molecule has 1 aromatic rings. The first-order valence-electron chi connectivity index (χ1n) is 7.92. The fourth-order valence-corrected chi connectivity index (χ4v) is 3.27. The zero-order chi connectivity index (χ0) is 16.7. The number of rotatable bonds is 4. The highest BCUT2D eigenvalue weighted by Crippen LogP contribution is 2.42. The molecule has 126 valence electrons. The quantitative estimate of drug-likeness (QED) is 0.924. The van der Waals surface area contributed by atoms with E-state index in [1.807, 2.05) is 30.3 Å². The molecule has 1 heterocycles. The Morgan fingerprint density at radius 3 is 2.48 bits per heavy atom. The van der Waals surface area contributed by atoms with Crippen LogP contribution in [0.15, 0.2) is 30.3 Å². The van der Waals surface area contributed by atoms with Crippen molar-refractivity contribution in [2.75, 3.05) is 13.1 Å². The Morgan fingerprint density at radius 2 is 1.96 bits per heavy atom. The molecular weight excluding hydrogens is 307 g/mol. The number of alkyl halides is 3. The monoisotopic (exact) mass is 327 g/mol. The number of β-amino-alcohol motifs (C(OH)–C–C–N with tert-alkyl or cyclic N) is 1. The molecule has 0 radical (unpaired) electrons. The summed E-state index contributed by atoms with van der Waals surface area (Å²) in [5, 5.41) is 9.75. The molecule has 1 saturated carbocycles. The Morgan fingerprint density at radius 1 is 1.30 bits per heavy atom. The molecule has 6 heteroatoms. The van der Waals surface area contributed by atoms with Crippen molar-refractivity contribution in [2.45, 2.75) is 37.5 Å². The zero-order valence-corrected chi connectivity index (χ0v) is 12.7. The van der Waals surface area contributed by atoms with Gasteiger partial charge in [-0.15, -0.1) is 0 Å². The second-order valence-corrected chi connectivity index (χ2v) is 6.67. The van der Waals surface area contributed by atoms with Crippen molar-refractivity contribution in [1.82, 2.24) is 4.90 Å². The van der Waals surface area contributed by atoms with E-state index in [1.165, 1.54) is 4.90 Å². The molecule has 3 nitrogen and oxygen atoms in total. The van der Waals surface area contributed by atoms with Gasteiger partial charge in [0.05, 0.1) is 6.54 Å². The lowest BCUT2D eigenvalue weighted by atomic mass is 9.93. The minimum atomic E-state index is -4.70. The Bertz CT molecular complexity index is 571. The van der Waals surface area contributed by atoms with E-state index in [-0.39, 0.29) is 24.3 Å². The summed E-state index contributed by atoms with van der Waals surface area (Å²) in [5.74, 6) is -0.285. The van der Waals surface area contributed by atoms with Gasteiger partial charge in [-0.2, -0.15) is 13.2 Å². The van der Waals surface area contributed by atoms with E-state index < -0.39 is 24.7 Å². The molecular formula is C17H20F3NO2. The van der Waals surface area contributed by atoms with Crippen molar-refractivity contribution in [3.05, 3.63) is 35.9 Å². The maximum Gasteiger partial charge on any atom is 0.419 e. The van der Waals surface area contributed by atoms with Crippen LogP contribution in [0.5, 0.6) is 0 Å². The molecule has 23 heavy (non-hydrogen) atoms. The van der Waals surface area contributed by atoms with E-state index in [2.05, 4.69) is 0 Å². The number of nitrogens with zero attached hydrogens (tertiary/aromatic N) is 1. The van der Waals surface area contributed by atoms with Crippen molar-refractivity contribution >= 4 is 5.91 Å². The highest BCUT2D eigenvalue weighted by Gasteiger charge is 2.58. The molecule has 2 unspecified atom stereocenters. The number of hydrogen-bond donors (Lipinski definition) is 1. The molecule has 2 fully saturated rings. The molecule has 3 rings (SSSR count). The number of amides is 1. The van der Waals surface area contributed by atoms with E-state index in [0.29, 0.717) is 6.42 Å². The van der Waals surface area contributed by atoms with Gasteiger partial charge in [0.2, 0.25) is 5.91 Å². The second-order valence-electron chi connectivity index (χ2n) is 6.67. The molecule has 0 bridgehead atoms. The molecule has 0 aromatic heterocycles. The fourth-order valence-electron chi connectivity index (χ4n) is 3.27. The molecule has 2 atom stereocenters. The van der Waals surface area contributed by atoms with Crippen LogP contribution in [0.1, 0.15) is 24.8 Å². The third-order valence-electron chi connectivity index (χ3n) is 4.89. The summed E-state index contributed by atoms with van der Waals surface area (Å²) in [5.41, 5.74) is -1.74. The predicted molar refractivity (Wildman–Crippen MR) is 78.6 cm³/mol. The summed E-state index contributed by atoms with van der Waals surface area (Å²) in [7, 11) is 0. The van der Waals surface area contributed by atoms with Gasteiger partial charge in [-0.05, 0) is 30.7 Å². The third-order valence-corrected chi connectivity index (χ3v) is 4.89. The Hall–Kier alpha value is -1.56. The first-order chi connectivity index (χ1) is 10.8. The van der Waals surface area contributed by atoms with Crippen LogP contribution in [-0.2, 0) is 11.2 Å². The normalized spacial score (nSPS) is 26.3. The van der Waals surface area contributed by atoms with Crippen molar-refractivity contribution < 1.29 is 23.1 Å². The first kappa shape index (κ1) is 16.3. The van der Waals surface area contributed by atoms with E-state index >= 15 is 0 Å². The van der Waals surface area contributed by atoms with Gasteiger partial charge in [0.15, 0.2) is 5.60 Å². The van der Waals surface area contributed by atoms with Crippen LogP contribution >= 0.6 is 0 Å². The molecule has 1 saturated heterocycles. The standard InChI is InChI=1S/C17H20F3NO2/c18-17(19,20)16(23)8-9-21(11-16)15(22)14(13-6-7-13)10-12-4-2-1-3-5-12/h1-5,13-14,23H,6-11H2. The lowest BCUT2D eigenvalue weighted by molar-refractivity contribution is -0.253. The first-order valence-corrected chi connectivity index (χ1v) is 7.92. The SMILES string of the molecule is O=C(C(Cc1ccccc1)C1CC1)N1CCC(O)(C(F)(F)F)C1. The number of benzene rings is 1. The molecule has 1 aliphatic heterocycles. The molecule has 1 aliphatic carbocycles. The summed E-state index contributed by atoms with van der Waals surface area (Å²) in [4.78, 5) is 13.9. The molecule has 1 N–H and O–H groups in total. The van der Waals surface area contributed by atoms with Gasteiger partial charge in [-0.25, -0.2) is 0 Å². The maximum absolute atomic E-state index is 12.9. The van der Waals surface area contributed by atoms with Crippen LogP contribution in [-0.4, -0.2) is 40.8 Å². The lowest BCUT2D eigenvalue weighted by Gasteiger charge is -2.27. The Kier molecular flexibility index (Phi) is 4.12. The van der Waals surface area contributed by atoms with Crippen LogP contribution in [0.25, 0.3) is 0 Å². The molecule has 0 spiro atoms. The number of halogens is 3. The average molecular weight is 327 g/mol. The highest BCUT2D eigenvalue weighted by atomic mass is 19.4. The van der Waals surface area contributed by atoms with Crippen LogP contribution < -0.4 is 0 Å². The third kappa shape index (κ3) is 3.37. The topological polar surface area (TPSA) is 40.5 Å². The smallest absolute Gasteiger partial charge is 0.379 e. The van der Waals surface area contributed by atoms with Crippen LogP contribution in [0.4, 0.5) is 13.2 Å². The van der Waals surface area contributed by atoms with E-state index in [1.54, 1.807) is 0 Å². The number of likely N-dealkylation sites (tertiary alicyclic amines) is 1. The van der Waals surface area contributed by atoms with Gasteiger partial charge in [0.1, 0.15) is 0 Å². The van der Waals surface area contributed by atoms with Crippen molar-refractivity contribution in [1.29, 1.82) is 0 Å². The fraction of sp³-hybridized carbons (Fsp3) is 0.588. The van der Waals surface area contributed by atoms with E-state index in [4.69, 9.17) is 0 Å². The summed E-state index contributed by atoms with van der Waals surface area (Å²) < 4.78 is 38.7. The van der Waals surface area contributed by atoms with Crippen molar-refractivity contribution in [3.8, 4) is 0 Å². The maximum atomic E-state index is 12.9. The minimum Gasteiger partial charge on any atom is -0.379 e. The largest absolute Gasteiger partial charge is 0.419 e. The number of aliphatic hydroxyl groups is 1. The van der Waals surface area contributed by atoms with Gasteiger partial charge in [0, 0.05) is 18.9 Å². The van der Waals surface area contributed by atoms with Crippen molar-refractivity contribution in [3.63, 3.8) is 0 Å². The molecule has 2 aliphatic rings. The Labute approximate surface area is 133 Å². The summed E-state index contributed by atoms with van der Waals surface area (Å²) in [6.07, 6.45) is -2.70. The zero-order valence-electron chi connectivity index (χ0n) is 12.7. The van der Waals surface area contributed by atoms with Crippen LogP contribution in [0.2, 0.25) is 0 Å². The minimum absolute atomic E-state index is 0.0349. The van der Waals surface area contributed by atoms with Crippen LogP contribution in [0, 0.1) is 11.8 Å². The predicted octanol–water partition coefficient (Wildman–Crippen LogP) is 2.78. The number of carbonyl (C=O) groups is 1. The van der Waals surface area contributed by atoms with Crippen molar-refractivity contribution in [2.24, 2.45) is 11.8 Å². The summed E-state index contributed by atoms with van der Waals surface area (Å²) in [6, 6.07) is 9.53. The average Bonchev–Trinajstić information content (AvgIpc) is 3.26. The molecule has 1 amide bonds. The van der Waals surface area contributed by atoms with Gasteiger partial charge in [-0.3, -0.25) is 4.79 Å². The van der Waals surface area contributed by atoms with Gasteiger partial charge < -0.3 is 10.0 Å². The van der Waals surface area contributed by atoms with Gasteiger partial charge in [-0.1, -0.05) is 30.3 Å².